The summed E-state index contributed by atoms with van der Waals surface area (Å²) in [6.07, 6.45) is 0.831. The topological polar surface area (TPSA) is 75.6 Å². The van der Waals surface area contributed by atoms with Crippen LogP contribution in [-0.4, -0.2) is 30.6 Å². The van der Waals surface area contributed by atoms with Crippen molar-refractivity contribution in [3.8, 4) is 5.75 Å². The number of hydrogen-bond donors (Lipinski definition) is 2. The van der Waals surface area contributed by atoms with E-state index in [1.165, 1.54) is 12.1 Å². The van der Waals surface area contributed by atoms with Gasteiger partial charge in [0.15, 0.2) is 0 Å². The van der Waals surface area contributed by atoms with E-state index in [-0.39, 0.29) is 17.9 Å². The van der Waals surface area contributed by atoms with Crippen molar-refractivity contribution in [2.45, 2.75) is 19.8 Å². The van der Waals surface area contributed by atoms with Crippen molar-refractivity contribution in [1.82, 2.24) is 5.32 Å². The summed E-state index contributed by atoms with van der Waals surface area (Å²) in [6, 6.07) is 12.4. The van der Waals surface area contributed by atoms with Crippen molar-refractivity contribution in [2.75, 3.05) is 13.7 Å². The molecule has 0 aliphatic carbocycles. The smallest absolute Gasteiger partial charge is 0.335 e. The van der Waals surface area contributed by atoms with E-state index in [2.05, 4.69) is 5.32 Å². The van der Waals surface area contributed by atoms with Crippen LogP contribution < -0.4 is 10.1 Å². The molecule has 126 valence electrons. The molecule has 0 radical (unpaired) electrons. The Morgan fingerprint density at radius 3 is 2.67 bits per heavy atom. The van der Waals surface area contributed by atoms with Crippen molar-refractivity contribution >= 4 is 11.9 Å². The molecular weight excluding hydrogens is 306 g/mol. The molecule has 0 unspecified atom stereocenters. The number of hydrogen-bond acceptors (Lipinski definition) is 3. The van der Waals surface area contributed by atoms with Gasteiger partial charge in [-0.05, 0) is 42.7 Å². The third-order valence-electron chi connectivity index (χ3n) is 3.69. The fourth-order valence-electron chi connectivity index (χ4n) is 2.50. The maximum absolute atomic E-state index is 12.0. The number of carbonyl (C=O) groups excluding carboxylic acids is 1. The lowest BCUT2D eigenvalue weighted by molar-refractivity contribution is -0.120. The van der Waals surface area contributed by atoms with Gasteiger partial charge in [-0.3, -0.25) is 4.79 Å². The number of nitrogens with one attached hydrogen (secondary N) is 1. The molecule has 0 saturated carbocycles. The Morgan fingerprint density at radius 2 is 1.96 bits per heavy atom. The Bertz CT molecular complexity index is 740. The van der Waals surface area contributed by atoms with Crippen molar-refractivity contribution in [2.24, 2.45) is 0 Å². The normalized spacial score (nSPS) is 10.2. The Morgan fingerprint density at radius 1 is 1.17 bits per heavy atom. The van der Waals surface area contributed by atoms with E-state index < -0.39 is 5.97 Å². The molecule has 0 spiro atoms. The first-order valence-electron chi connectivity index (χ1n) is 7.72. The summed E-state index contributed by atoms with van der Waals surface area (Å²) in [5, 5.41) is 11.8. The summed E-state index contributed by atoms with van der Waals surface area (Å²) in [5.41, 5.74) is 3.05. The highest BCUT2D eigenvalue weighted by atomic mass is 16.5. The molecule has 0 aliphatic rings. The number of carbonyl (C=O) groups is 2. The summed E-state index contributed by atoms with van der Waals surface area (Å²) >= 11 is 0. The summed E-state index contributed by atoms with van der Waals surface area (Å²) in [7, 11) is 1.63. The Balaban J connectivity index is 1.89. The van der Waals surface area contributed by atoms with Crippen LogP contribution in [0.3, 0.4) is 0 Å². The van der Waals surface area contributed by atoms with Crippen LogP contribution in [0, 0.1) is 6.92 Å². The second-order valence-corrected chi connectivity index (χ2v) is 5.60. The molecule has 0 atom stereocenters. The van der Waals surface area contributed by atoms with Crippen LogP contribution >= 0.6 is 0 Å². The first-order valence-corrected chi connectivity index (χ1v) is 7.72. The molecule has 0 aliphatic heterocycles. The minimum Gasteiger partial charge on any atom is -0.496 e. The molecule has 24 heavy (non-hydrogen) atoms. The van der Waals surface area contributed by atoms with E-state index in [4.69, 9.17) is 9.84 Å². The van der Waals surface area contributed by atoms with Crippen LogP contribution in [0.15, 0.2) is 42.5 Å². The van der Waals surface area contributed by atoms with Gasteiger partial charge in [0.1, 0.15) is 5.75 Å². The van der Waals surface area contributed by atoms with Gasteiger partial charge in [0.2, 0.25) is 5.91 Å². The first-order chi connectivity index (χ1) is 11.5. The van der Waals surface area contributed by atoms with Crippen molar-refractivity contribution in [1.29, 1.82) is 0 Å². The minimum atomic E-state index is -0.996. The largest absolute Gasteiger partial charge is 0.496 e. The molecular formula is C19H21NO4. The van der Waals surface area contributed by atoms with Gasteiger partial charge in [0.05, 0.1) is 19.1 Å². The molecule has 0 saturated heterocycles. The maximum atomic E-state index is 12.0. The molecule has 0 fully saturated rings. The van der Waals surface area contributed by atoms with Crippen LogP contribution in [0.2, 0.25) is 0 Å². The number of amides is 1. The van der Waals surface area contributed by atoms with Crippen molar-refractivity contribution in [3.63, 3.8) is 0 Å². The quantitative estimate of drug-likeness (QED) is 0.819. The second kappa shape index (κ2) is 8.15. The molecule has 2 N–H and O–H groups in total. The third kappa shape index (κ3) is 4.84. The van der Waals surface area contributed by atoms with E-state index in [0.717, 1.165) is 16.9 Å². The number of carboxylic acid groups (broad SMARTS) is 1. The average molecular weight is 327 g/mol. The predicted molar refractivity (Wildman–Crippen MR) is 91.6 cm³/mol. The SMILES string of the molecule is COc1ccc(C)cc1CCNC(=O)Cc1cccc(C(=O)O)c1. The molecule has 0 heterocycles. The van der Waals surface area contributed by atoms with E-state index in [1.807, 2.05) is 25.1 Å². The van der Waals surface area contributed by atoms with E-state index in [0.29, 0.717) is 18.5 Å². The lowest BCUT2D eigenvalue weighted by atomic mass is 10.1. The minimum absolute atomic E-state index is 0.135. The Kier molecular flexibility index (Phi) is 5.95. The lowest BCUT2D eigenvalue weighted by Gasteiger charge is -2.10. The van der Waals surface area contributed by atoms with Crippen molar-refractivity contribution in [3.05, 3.63) is 64.7 Å². The predicted octanol–water partition coefficient (Wildman–Crippen LogP) is 2.60. The lowest BCUT2D eigenvalue weighted by Crippen LogP contribution is -2.27. The van der Waals surface area contributed by atoms with E-state index in [1.54, 1.807) is 19.2 Å². The van der Waals surface area contributed by atoms with Crippen LogP contribution in [-0.2, 0) is 17.6 Å². The first kappa shape index (κ1) is 17.5. The number of ether oxygens (including phenoxy) is 1. The molecule has 2 aromatic carbocycles. The van der Waals surface area contributed by atoms with E-state index in [9.17, 15) is 9.59 Å². The van der Waals surface area contributed by atoms with Crippen molar-refractivity contribution < 1.29 is 19.4 Å². The molecule has 5 nitrogen and oxygen atoms in total. The summed E-state index contributed by atoms with van der Waals surface area (Å²) in [5.74, 6) is -0.322. The second-order valence-electron chi connectivity index (χ2n) is 5.60. The third-order valence-corrected chi connectivity index (χ3v) is 3.69. The summed E-state index contributed by atoms with van der Waals surface area (Å²) in [6.45, 7) is 2.51. The van der Waals surface area contributed by atoms with Gasteiger partial charge in [0, 0.05) is 6.54 Å². The number of benzene rings is 2. The number of rotatable bonds is 7. The number of carboxylic acids is 1. The zero-order chi connectivity index (χ0) is 17.5. The van der Waals surface area contributed by atoms with Crippen LogP contribution in [0.25, 0.3) is 0 Å². The maximum Gasteiger partial charge on any atom is 0.335 e. The standard InChI is InChI=1S/C19H21NO4/c1-13-6-7-17(24-2)15(10-13)8-9-20-18(21)12-14-4-3-5-16(11-14)19(22)23/h3-7,10-11H,8-9,12H2,1-2H3,(H,20,21)(H,22,23). The zero-order valence-electron chi connectivity index (χ0n) is 13.8. The van der Waals surface area contributed by atoms with Crippen LogP contribution in [0.4, 0.5) is 0 Å². The highest BCUT2D eigenvalue weighted by molar-refractivity contribution is 5.88. The summed E-state index contributed by atoms with van der Waals surface area (Å²) < 4.78 is 5.32. The van der Waals surface area contributed by atoms with Gasteiger partial charge < -0.3 is 15.2 Å². The van der Waals surface area contributed by atoms with Gasteiger partial charge in [-0.1, -0.05) is 29.8 Å². The Labute approximate surface area is 141 Å². The van der Waals surface area contributed by atoms with Crippen LogP contribution in [0.5, 0.6) is 5.75 Å². The zero-order valence-corrected chi connectivity index (χ0v) is 13.8. The summed E-state index contributed by atoms with van der Waals surface area (Å²) in [4.78, 5) is 23.0. The molecule has 2 aromatic rings. The molecule has 0 aromatic heterocycles. The van der Waals surface area contributed by atoms with Gasteiger partial charge >= 0.3 is 5.97 Å². The van der Waals surface area contributed by atoms with Gasteiger partial charge in [-0.15, -0.1) is 0 Å². The fraction of sp³-hybridized carbons (Fsp3) is 0.263. The Hall–Kier alpha value is -2.82. The van der Waals surface area contributed by atoms with Gasteiger partial charge in [-0.25, -0.2) is 4.79 Å². The highest BCUT2D eigenvalue weighted by Gasteiger charge is 2.08. The van der Waals surface area contributed by atoms with Crippen LogP contribution in [0.1, 0.15) is 27.0 Å². The van der Waals surface area contributed by atoms with Gasteiger partial charge in [0.25, 0.3) is 0 Å². The number of aromatic carboxylic acids is 1. The highest BCUT2D eigenvalue weighted by Crippen LogP contribution is 2.19. The molecule has 5 heteroatoms. The molecule has 0 bridgehead atoms. The van der Waals surface area contributed by atoms with E-state index >= 15 is 0 Å². The average Bonchev–Trinajstić information content (AvgIpc) is 2.55. The van der Waals surface area contributed by atoms with Gasteiger partial charge in [-0.2, -0.15) is 0 Å². The molecule has 2 rings (SSSR count). The monoisotopic (exact) mass is 327 g/mol. The fourth-order valence-corrected chi connectivity index (χ4v) is 2.50. The molecule has 1 amide bonds. The number of methoxy groups -OCH3 is 1. The number of aryl methyl sites for hydroxylation is 1.